The Balaban J connectivity index is 2.35. The van der Waals surface area contributed by atoms with Crippen molar-refractivity contribution in [2.75, 3.05) is 19.5 Å². The maximum Gasteiger partial charge on any atom is 0.266 e. The van der Waals surface area contributed by atoms with Crippen molar-refractivity contribution in [3.63, 3.8) is 0 Å². The number of hydrogen-bond donors (Lipinski definition) is 1. The molecule has 0 saturated carbocycles. The van der Waals surface area contributed by atoms with Gasteiger partial charge in [-0.1, -0.05) is 27.7 Å². The van der Waals surface area contributed by atoms with E-state index in [1.807, 2.05) is 6.07 Å². The molecule has 0 saturated heterocycles. The van der Waals surface area contributed by atoms with E-state index in [2.05, 4.69) is 5.32 Å². The highest BCUT2D eigenvalue weighted by molar-refractivity contribution is 7.89. The summed E-state index contributed by atoms with van der Waals surface area (Å²) in [6.07, 6.45) is 0. The smallest absolute Gasteiger partial charge is 0.266 e. The van der Waals surface area contributed by atoms with Gasteiger partial charge in [0.05, 0.1) is 22.7 Å². The fraction of sp³-hybridized carbons (Fsp3) is 0.125. The maximum absolute atomic E-state index is 12.4. The van der Waals surface area contributed by atoms with Crippen LogP contribution in [0.25, 0.3) is 0 Å². The number of sulfonamides is 1. The first-order chi connectivity index (χ1) is 12.2. The van der Waals surface area contributed by atoms with Crippen molar-refractivity contribution in [3.05, 3.63) is 57.6 Å². The maximum atomic E-state index is 12.4. The predicted molar refractivity (Wildman–Crippen MR) is 97.5 cm³/mol. The third-order valence-electron chi connectivity index (χ3n) is 3.41. The molecule has 0 aliphatic heterocycles. The van der Waals surface area contributed by atoms with E-state index in [-0.39, 0.29) is 26.1 Å². The lowest BCUT2D eigenvalue weighted by Crippen LogP contribution is -2.26. The van der Waals surface area contributed by atoms with Gasteiger partial charge in [0.25, 0.3) is 15.9 Å². The number of hydroxylamine groups is 1. The number of carbonyl (C=O) groups excluding carboxylic acids is 1. The third kappa shape index (κ3) is 4.15. The molecule has 0 bridgehead atoms. The highest BCUT2D eigenvalue weighted by Gasteiger charge is 2.25. The molecule has 0 atom stereocenters. The normalized spacial score (nSPS) is 11.2. The van der Waals surface area contributed by atoms with Crippen molar-refractivity contribution in [2.45, 2.75) is 4.90 Å². The van der Waals surface area contributed by atoms with Crippen LogP contribution in [0, 0.1) is 11.3 Å². The Morgan fingerprint density at radius 3 is 2.46 bits per heavy atom. The van der Waals surface area contributed by atoms with Gasteiger partial charge in [0, 0.05) is 18.3 Å². The van der Waals surface area contributed by atoms with Crippen molar-refractivity contribution in [3.8, 4) is 6.07 Å². The first-order valence-corrected chi connectivity index (χ1v) is 9.24. The molecular weight excluding hydrogens is 401 g/mol. The van der Waals surface area contributed by atoms with Crippen LogP contribution >= 0.6 is 23.2 Å². The largest absolute Gasteiger partial charge is 0.322 e. The van der Waals surface area contributed by atoms with Gasteiger partial charge in [-0.3, -0.25) is 9.63 Å². The summed E-state index contributed by atoms with van der Waals surface area (Å²) in [6.45, 7) is 0. The number of nitrogens with zero attached hydrogens (tertiary/aromatic N) is 2. The molecule has 0 aliphatic rings. The molecule has 0 spiro atoms. The quantitative estimate of drug-likeness (QED) is 0.757. The third-order valence-corrected chi connectivity index (χ3v) is 5.89. The van der Waals surface area contributed by atoms with Crippen LogP contribution < -0.4 is 5.32 Å². The molecule has 0 unspecified atom stereocenters. The summed E-state index contributed by atoms with van der Waals surface area (Å²) in [5, 5.41) is 11.6. The number of nitrogens with one attached hydrogen (secondary N) is 1. The number of benzene rings is 2. The van der Waals surface area contributed by atoms with Gasteiger partial charge in [-0.15, -0.1) is 0 Å². The Kier molecular flexibility index (Phi) is 6.23. The zero-order chi connectivity index (χ0) is 19.5. The summed E-state index contributed by atoms with van der Waals surface area (Å²) in [7, 11) is -1.63. The number of amides is 1. The first-order valence-electron chi connectivity index (χ1n) is 7.04. The zero-order valence-electron chi connectivity index (χ0n) is 13.7. The minimum absolute atomic E-state index is 0.0492. The molecule has 0 fully saturated rings. The topological polar surface area (TPSA) is 99.5 Å². The molecule has 26 heavy (non-hydrogen) atoms. The second-order valence-electron chi connectivity index (χ2n) is 5.00. The van der Waals surface area contributed by atoms with Gasteiger partial charge in [-0.25, -0.2) is 8.42 Å². The standard InChI is InChI=1S/C16H13Cl2N3O4S/c1-21(25-2)26(23,24)15-7-10(4-6-13(15)17)16(22)20-12-5-3-11(9-19)14(18)8-12/h3-8H,1-2H3,(H,20,22). The van der Waals surface area contributed by atoms with Crippen LogP contribution in [-0.2, 0) is 14.9 Å². The average Bonchev–Trinajstić information content (AvgIpc) is 2.61. The molecule has 2 aromatic carbocycles. The Morgan fingerprint density at radius 1 is 1.19 bits per heavy atom. The molecule has 0 aliphatic carbocycles. The van der Waals surface area contributed by atoms with Crippen molar-refractivity contribution < 1.29 is 18.0 Å². The Labute approximate surface area is 160 Å². The Morgan fingerprint density at radius 2 is 1.88 bits per heavy atom. The van der Waals surface area contributed by atoms with Crippen LogP contribution in [0.3, 0.4) is 0 Å². The van der Waals surface area contributed by atoms with E-state index >= 15 is 0 Å². The summed E-state index contributed by atoms with van der Waals surface area (Å²) in [6, 6.07) is 10.1. The Hall–Kier alpha value is -2.15. The average molecular weight is 414 g/mol. The van der Waals surface area contributed by atoms with E-state index < -0.39 is 15.9 Å². The van der Waals surface area contributed by atoms with E-state index in [1.165, 1.54) is 44.5 Å². The fourth-order valence-electron chi connectivity index (χ4n) is 1.97. The lowest BCUT2D eigenvalue weighted by atomic mass is 10.2. The van der Waals surface area contributed by atoms with E-state index in [9.17, 15) is 13.2 Å². The molecule has 10 heteroatoms. The molecule has 136 valence electrons. The van der Waals surface area contributed by atoms with Gasteiger partial charge in [0.1, 0.15) is 11.0 Å². The number of anilines is 1. The van der Waals surface area contributed by atoms with Gasteiger partial charge < -0.3 is 5.32 Å². The van der Waals surface area contributed by atoms with E-state index in [4.69, 9.17) is 33.3 Å². The zero-order valence-corrected chi connectivity index (χ0v) is 16.0. The summed E-state index contributed by atoms with van der Waals surface area (Å²) in [5.74, 6) is -0.570. The van der Waals surface area contributed by atoms with Crippen LogP contribution in [0.4, 0.5) is 5.69 Å². The van der Waals surface area contributed by atoms with Gasteiger partial charge in [0.2, 0.25) is 0 Å². The van der Waals surface area contributed by atoms with Gasteiger partial charge >= 0.3 is 0 Å². The summed E-state index contributed by atoms with van der Waals surface area (Å²) in [4.78, 5) is 16.8. The van der Waals surface area contributed by atoms with Crippen LogP contribution in [0.15, 0.2) is 41.3 Å². The van der Waals surface area contributed by atoms with Crippen molar-refractivity contribution in [2.24, 2.45) is 0 Å². The second kappa shape index (κ2) is 8.03. The minimum atomic E-state index is -4.02. The van der Waals surface area contributed by atoms with Crippen molar-refractivity contribution in [1.82, 2.24) is 4.47 Å². The Bertz CT molecular complexity index is 1000. The van der Waals surface area contributed by atoms with E-state index in [1.54, 1.807) is 0 Å². The number of rotatable bonds is 5. The molecule has 1 N–H and O–H groups in total. The van der Waals surface area contributed by atoms with Crippen LogP contribution in [0.2, 0.25) is 10.0 Å². The predicted octanol–water partition coefficient (Wildman–Crippen LogP) is 3.30. The lowest BCUT2D eigenvalue weighted by Gasteiger charge is -2.16. The second-order valence-corrected chi connectivity index (χ2v) is 7.72. The minimum Gasteiger partial charge on any atom is -0.322 e. The monoisotopic (exact) mass is 413 g/mol. The number of nitriles is 1. The highest BCUT2D eigenvalue weighted by Crippen LogP contribution is 2.26. The number of hydrogen-bond acceptors (Lipinski definition) is 5. The molecule has 2 aromatic rings. The van der Waals surface area contributed by atoms with Crippen LogP contribution in [0.5, 0.6) is 0 Å². The van der Waals surface area contributed by atoms with E-state index in [0.717, 1.165) is 6.07 Å². The lowest BCUT2D eigenvalue weighted by molar-refractivity contribution is -0.0258. The molecule has 2 rings (SSSR count). The number of carbonyl (C=O) groups is 1. The van der Waals surface area contributed by atoms with Crippen LogP contribution in [0.1, 0.15) is 15.9 Å². The van der Waals surface area contributed by atoms with Gasteiger partial charge in [-0.05, 0) is 36.4 Å². The summed E-state index contributed by atoms with van der Waals surface area (Å²) >= 11 is 11.9. The highest BCUT2D eigenvalue weighted by atomic mass is 35.5. The van der Waals surface area contributed by atoms with E-state index in [0.29, 0.717) is 10.2 Å². The summed E-state index contributed by atoms with van der Waals surface area (Å²) < 4.78 is 25.4. The first kappa shape index (κ1) is 20.2. The van der Waals surface area contributed by atoms with Crippen LogP contribution in [-0.4, -0.2) is 33.0 Å². The molecule has 0 heterocycles. The van der Waals surface area contributed by atoms with Crippen molar-refractivity contribution in [1.29, 1.82) is 5.26 Å². The molecule has 0 radical (unpaired) electrons. The SMILES string of the molecule is CON(C)S(=O)(=O)c1cc(C(=O)Nc2ccc(C#N)c(Cl)c2)ccc1Cl. The molecular formula is C16H13Cl2N3O4S. The molecule has 7 nitrogen and oxygen atoms in total. The molecule has 1 amide bonds. The van der Waals surface area contributed by atoms with Gasteiger partial charge in [0.15, 0.2) is 0 Å². The fourth-order valence-corrected chi connectivity index (χ4v) is 3.66. The summed E-state index contributed by atoms with van der Waals surface area (Å²) in [5.41, 5.74) is 0.692. The van der Waals surface area contributed by atoms with Gasteiger partial charge in [-0.2, -0.15) is 5.26 Å². The van der Waals surface area contributed by atoms with Crippen molar-refractivity contribution >= 4 is 44.8 Å². The molecule has 0 aromatic heterocycles. The number of halogens is 2.